The van der Waals surface area contributed by atoms with Crippen LogP contribution >= 0.6 is 0 Å². The lowest BCUT2D eigenvalue weighted by Gasteiger charge is -2.37. The highest BCUT2D eigenvalue weighted by Crippen LogP contribution is 2.32. The molecule has 3 atom stereocenters. The zero-order chi connectivity index (χ0) is 9.97. The van der Waals surface area contributed by atoms with E-state index in [1.807, 2.05) is 0 Å². The van der Waals surface area contributed by atoms with E-state index in [2.05, 4.69) is 18.7 Å². The predicted molar refractivity (Wildman–Crippen MR) is 65.1 cm³/mol. The Morgan fingerprint density at radius 1 is 1.13 bits per heavy atom. The molecule has 3 unspecified atom stereocenters. The van der Waals surface area contributed by atoms with Crippen LogP contribution in [0.1, 0.15) is 58.8 Å². The average Bonchev–Trinajstić information content (AvgIpc) is 2.65. The Balaban J connectivity index is 0.00000112. The third kappa shape index (κ3) is 2.94. The van der Waals surface area contributed by atoms with Gasteiger partial charge in [0.1, 0.15) is 0 Å². The fourth-order valence-electron chi connectivity index (χ4n) is 3.48. The molecule has 1 aliphatic carbocycles. The van der Waals surface area contributed by atoms with Crippen molar-refractivity contribution < 1.29 is 5.48 Å². The predicted octanol–water partition coefficient (Wildman–Crippen LogP) is 2.61. The zero-order valence-electron chi connectivity index (χ0n) is 10.3. The highest BCUT2D eigenvalue weighted by Gasteiger charge is 2.31. The second kappa shape index (κ2) is 5.86. The molecular weight excluding hydrogens is 186 g/mol. The van der Waals surface area contributed by atoms with Crippen LogP contribution in [-0.4, -0.2) is 29.0 Å². The van der Waals surface area contributed by atoms with Gasteiger partial charge in [0, 0.05) is 12.1 Å². The van der Waals surface area contributed by atoms with E-state index >= 15 is 0 Å². The molecular formula is C13H27NO. The summed E-state index contributed by atoms with van der Waals surface area (Å²) in [5.41, 5.74) is 0. The summed E-state index contributed by atoms with van der Waals surface area (Å²) in [5, 5.41) is 0. The Hall–Kier alpha value is -0.0800. The lowest BCUT2D eigenvalue weighted by atomic mass is 9.86. The number of nitrogens with zero attached hydrogens (tertiary/aromatic N) is 1. The van der Waals surface area contributed by atoms with Gasteiger partial charge in [0.25, 0.3) is 0 Å². The lowest BCUT2D eigenvalue weighted by molar-refractivity contribution is 0.120. The molecule has 1 saturated heterocycles. The minimum Gasteiger partial charge on any atom is -0.412 e. The molecule has 15 heavy (non-hydrogen) atoms. The summed E-state index contributed by atoms with van der Waals surface area (Å²) in [7, 11) is 0. The standard InChI is InChI=1S/C13H25N.H2O/c1-3-12-8-5-9-14(12)13-7-4-6-11(2)10-13;/h11-13H,3-10H2,1-2H3;1H2. The quantitative estimate of drug-likeness (QED) is 0.694. The van der Waals surface area contributed by atoms with Crippen molar-refractivity contribution in [2.45, 2.75) is 70.9 Å². The number of likely N-dealkylation sites (tertiary alicyclic amines) is 1. The summed E-state index contributed by atoms with van der Waals surface area (Å²) in [4.78, 5) is 2.83. The summed E-state index contributed by atoms with van der Waals surface area (Å²) in [5.74, 6) is 0.979. The van der Waals surface area contributed by atoms with E-state index < -0.39 is 0 Å². The summed E-state index contributed by atoms with van der Waals surface area (Å²) in [6.07, 6.45) is 10.2. The van der Waals surface area contributed by atoms with Crippen LogP contribution in [0.5, 0.6) is 0 Å². The Morgan fingerprint density at radius 3 is 2.60 bits per heavy atom. The Morgan fingerprint density at radius 2 is 1.93 bits per heavy atom. The second-order valence-electron chi connectivity index (χ2n) is 5.37. The van der Waals surface area contributed by atoms with E-state index in [0.29, 0.717) is 0 Å². The maximum Gasteiger partial charge on any atom is 0.0101 e. The van der Waals surface area contributed by atoms with Crippen molar-refractivity contribution in [2.24, 2.45) is 5.92 Å². The molecule has 2 nitrogen and oxygen atoms in total. The average molecular weight is 213 g/mol. The molecule has 2 N–H and O–H groups in total. The van der Waals surface area contributed by atoms with Gasteiger partial charge in [-0.05, 0) is 44.6 Å². The van der Waals surface area contributed by atoms with Gasteiger partial charge in [-0.25, -0.2) is 0 Å². The van der Waals surface area contributed by atoms with Crippen molar-refractivity contribution >= 4 is 0 Å². The molecule has 1 aliphatic heterocycles. The Kier molecular flexibility index (Phi) is 5.07. The molecule has 0 bridgehead atoms. The fraction of sp³-hybridized carbons (Fsp3) is 1.00. The molecule has 1 saturated carbocycles. The van der Waals surface area contributed by atoms with Gasteiger partial charge in [-0.15, -0.1) is 0 Å². The van der Waals surface area contributed by atoms with E-state index in [9.17, 15) is 0 Å². The minimum absolute atomic E-state index is 0. The molecule has 2 heteroatoms. The van der Waals surface area contributed by atoms with Gasteiger partial charge in [-0.3, -0.25) is 4.90 Å². The maximum atomic E-state index is 2.83. The van der Waals surface area contributed by atoms with Gasteiger partial charge in [-0.2, -0.15) is 0 Å². The molecule has 90 valence electrons. The smallest absolute Gasteiger partial charge is 0.0101 e. The van der Waals surface area contributed by atoms with Crippen LogP contribution < -0.4 is 0 Å². The van der Waals surface area contributed by atoms with Gasteiger partial charge in [-0.1, -0.05) is 26.7 Å². The van der Waals surface area contributed by atoms with E-state index in [-0.39, 0.29) is 5.48 Å². The van der Waals surface area contributed by atoms with Crippen molar-refractivity contribution in [3.8, 4) is 0 Å². The molecule has 0 spiro atoms. The summed E-state index contributed by atoms with van der Waals surface area (Å²) < 4.78 is 0. The first-order chi connectivity index (χ1) is 6.81. The van der Waals surface area contributed by atoms with Crippen molar-refractivity contribution in [2.75, 3.05) is 6.54 Å². The highest BCUT2D eigenvalue weighted by atomic mass is 16.0. The molecule has 0 radical (unpaired) electrons. The normalized spacial score (nSPS) is 37.6. The first-order valence-electron chi connectivity index (χ1n) is 6.57. The third-order valence-electron chi connectivity index (χ3n) is 4.27. The molecule has 2 rings (SSSR count). The van der Waals surface area contributed by atoms with Crippen LogP contribution in [0.2, 0.25) is 0 Å². The van der Waals surface area contributed by atoms with Crippen molar-refractivity contribution in [1.82, 2.24) is 4.90 Å². The largest absolute Gasteiger partial charge is 0.412 e. The molecule has 0 aromatic rings. The van der Waals surface area contributed by atoms with Gasteiger partial charge in [0.2, 0.25) is 0 Å². The SMILES string of the molecule is CCC1CCCN1C1CCCC(C)C1.O. The van der Waals surface area contributed by atoms with E-state index in [1.54, 1.807) is 0 Å². The lowest BCUT2D eigenvalue weighted by Crippen LogP contribution is -2.41. The van der Waals surface area contributed by atoms with Gasteiger partial charge in [0.15, 0.2) is 0 Å². The van der Waals surface area contributed by atoms with E-state index in [0.717, 1.165) is 18.0 Å². The highest BCUT2D eigenvalue weighted by molar-refractivity contribution is 4.86. The van der Waals surface area contributed by atoms with Gasteiger partial charge >= 0.3 is 0 Å². The second-order valence-corrected chi connectivity index (χ2v) is 5.37. The molecule has 0 aromatic carbocycles. The Bertz CT molecular complexity index is 183. The van der Waals surface area contributed by atoms with Crippen LogP contribution in [0, 0.1) is 5.92 Å². The molecule has 0 aromatic heterocycles. The van der Waals surface area contributed by atoms with Crippen molar-refractivity contribution in [1.29, 1.82) is 0 Å². The first-order valence-corrected chi connectivity index (χ1v) is 6.57. The van der Waals surface area contributed by atoms with Gasteiger partial charge in [0.05, 0.1) is 0 Å². The van der Waals surface area contributed by atoms with Crippen molar-refractivity contribution in [3.05, 3.63) is 0 Å². The minimum atomic E-state index is 0. The zero-order valence-corrected chi connectivity index (χ0v) is 10.3. The number of hydrogen-bond donors (Lipinski definition) is 0. The summed E-state index contributed by atoms with van der Waals surface area (Å²) in [6, 6.07) is 1.86. The summed E-state index contributed by atoms with van der Waals surface area (Å²) >= 11 is 0. The van der Waals surface area contributed by atoms with Crippen LogP contribution in [0.4, 0.5) is 0 Å². The van der Waals surface area contributed by atoms with Crippen LogP contribution in [0.15, 0.2) is 0 Å². The van der Waals surface area contributed by atoms with Gasteiger partial charge < -0.3 is 5.48 Å². The van der Waals surface area contributed by atoms with Crippen molar-refractivity contribution in [3.63, 3.8) is 0 Å². The molecule has 2 aliphatic rings. The number of rotatable bonds is 2. The van der Waals surface area contributed by atoms with Crippen LogP contribution in [-0.2, 0) is 0 Å². The number of hydrogen-bond acceptors (Lipinski definition) is 1. The summed E-state index contributed by atoms with van der Waals surface area (Å²) in [6.45, 7) is 6.17. The van der Waals surface area contributed by atoms with Crippen LogP contribution in [0.3, 0.4) is 0 Å². The van der Waals surface area contributed by atoms with E-state index in [4.69, 9.17) is 0 Å². The van der Waals surface area contributed by atoms with Crippen LogP contribution in [0.25, 0.3) is 0 Å². The third-order valence-corrected chi connectivity index (χ3v) is 4.27. The molecule has 0 amide bonds. The topological polar surface area (TPSA) is 34.7 Å². The fourth-order valence-corrected chi connectivity index (χ4v) is 3.48. The molecule has 2 fully saturated rings. The maximum absolute atomic E-state index is 2.83. The Labute approximate surface area is 94.3 Å². The first kappa shape index (κ1) is 13.0. The monoisotopic (exact) mass is 213 g/mol. The molecule has 1 heterocycles. The van der Waals surface area contributed by atoms with E-state index in [1.165, 1.54) is 51.5 Å².